The van der Waals surface area contributed by atoms with Crippen LogP contribution in [0.15, 0.2) is 24.3 Å². The lowest BCUT2D eigenvalue weighted by Crippen LogP contribution is -2.21. The molecule has 0 saturated carbocycles. The molecular weight excluding hydrogens is 1800 g/mol. The van der Waals surface area contributed by atoms with Crippen LogP contribution in [-0.4, -0.2) is 121 Å². The molecule has 0 saturated heterocycles. The quantitative estimate of drug-likeness (QED) is 0.00734. The third kappa shape index (κ3) is 25.4. The highest BCUT2D eigenvalue weighted by atomic mass is 31.2. The number of fused-ring (bicyclic) bond motifs is 8. The number of nitrogens with zero attached hydrogens (tertiary/aromatic N) is 2. The first kappa shape index (κ1) is 104. The summed E-state index contributed by atoms with van der Waals surface area (Å²) in [5, 5.41) is 19.9. The van der Waals surface area contributed by atoms with E-state index >= 15 is 70.2 Å². The zero-order valence-corrected chi connectivity index (χ0v) is 76.8. The van der Waals surface area contributed by atoms with Gasteiger partial charge in [0.05, 0.1) is 93.9 Å². The molecule has 24 nitrogen and oxygen atoms in total. The Bertz CT molecular complexity index is 4800. The van der Waals surface area contributed by atoms with Crippen LogP contribution in [0.25, 0.3) is 90.9 Å². The van der Waals surface area contributed by atoms with E-state index in [0.29, 0.717) is 0 Å². The highest BCUT2D eigenvalue weighted by Gasteiger charge is 2.38. The van der Waals surface area contributed by atoms with Crippen molar-refractivity contribution in [2.75, 3.05) is 73.6 Å². The number of halogens is 16. The summed E-state index contributed by atoms with van der Waals surface area (Å²) >= 11 is 0. The lowest BCUT2D eigenvalue weighted by Gasteiger charge is -2.23. The number of hydrogen-bond acceptors (Lipinski definition) is 18. The van der Waals surface area contributed by atoms with E-state index in [-0.39, 0.29) is 77.5 Å². The van der Waals surface area contributed by atoms with Gasteiger partial charge in [0.1, 0.15) is 22.7 Å². The predicted octanol–water partition coefficient (Wildman–Crippen LogP) is 24.5. The second kappa shape index (κ2) is 44.9. The van der Waals surface area contributed by atoms with Crippen molar-refractivity contribution < 1.29 is 125 Å². The van der Waals surface area contributed by atoms with E-state index in [1.54, 1.807) is 111 Å². The van der Waals surface area contributed by atoms with E-state index in [1.165, 1.54) is 0 Å². The molecule has 2 aliphatic heterocycles. The SMILES string of the molecule is CC(C)OP(=O)(NCCCCNc1c(F)c(F)c(-c2c3nc(c(-c4c(F)c(F)c(NCCCCNP(=O)(OC(C)C)OC(C)C)c(F)c4F)c4ccc([nH]4)c(-c4c(F)c(F)c(NCCCCNP(=O)(OC(C)C)OC(C)C)c(F)c4F)c4nc(c(-c5c(F)c(F)c(NCCCCNP(=O)(OC(C)C)OC(C)C)c(F)c5F)c5ccc2[nH]5)C=C4)C=C3)c(F)c1F)OC(C)C. The minimum Gasteiger partial charge on any atom is -0.380 e. The Morgan fingerprint density at radius 2 is 0.391 bits per heavy atom. The number of hydrogen-bond donors (Lipinski definition) is 10. The van der Waals surface area contributed by atoms with Crippen LogP contribution in [-0.2, 0) is 54.5 Å². The Labute approximate surface area is 731 Å². The zero-order chi connectivity index (χ0) is 94.5. The minimum absolute atomic E-state index is 0.0397. The maximum atomic E-state index is 17.6. The van der Waals surface area contributed by atoms with Crippen molar-refractivity contribution in [2.24, 2.45) is 0 Å². The van der Waals surface area contributed by atoms with Gasteiger partial charge in [0.15, 0.2) is 93.1 Å². The van der Waals surface area contributed by atoms with Crippen molar-refractivity contribution in [1.82, 2.24) is 40.3 Å². The summed E-state index contributed by atoms with van der Waals surface area (Å²) in [7, 11) is -15.6. The van der Waals surface area contributed by atoms with Crippen LogP contribution in [0.4, 0.5) is 93.0 Å². The third-order valence-electron chi connectivity index (χ3n) is 18.4. The van der Waals surface area contributed by atoms with Crippen molar-refractivity contribution in [3.63, 3.8) is 0 Å². The number of rotatable bonds is 48. The van der Waals surface area contributed by atoms with Crippen LogP contribution in [0, 0.1) is 93.1 Å². The fourth-order valence-electron chi connectivity index (χ4n) is 13.6. The molecule has 0 atom stereocenters. The Kier molecular flexibility index (Phi) is 36.4. The lowest BCUT2D eigenvalue weighted by molar-refractivity contribution is 0.134. The molecule has 8 bridgehead atoms. The molecule has 5 heterocycles. The number of unbranched alkanes of at least 4 members (excludes halogenated alkanes) is 4. The molecule has 0 radical (unpaired) electrons. The van der Waals surface area contributed by atoms with Crippen LogP contribution in [0.1, 0.15) is 185 Å². The molecule has 0 fully saturated rings. The van der Waals surface area contributed by atoms with Crippen LogP contribution in [0.5, 0.6) is 0 Å². The highest BCUT2D eigenvalue weighted by Crippen LogP contribution is 2.52. The maximum Gasteiger partial charge on any atom is 0.406 e. The minimum atomic E-state index is -3.90. The maximum absolute atomic E-state index is 17.6. The van der Waals surface area contributed by atoms with Crippen LogP contribution >= 0.6 is 31.0 Å². The van der Waals surface area contributed by atoms with Crippen LogP contribution in [0.2, 0.25) is 0 Å². The Morgan fingerprint density at radius 1 is 0.242 bits per heavy atom. The fourth-order valence-corrected chi connectivity index (χ4v) is 20.6. The van der Waals surface area contributed by atoms with Gasteiger partial charge < -0.3 is 31.2 Å². The van der Waals surface area contributed by atoms with Crippen molar-refractivity contribution in [3.8, 4) is 44.5 Å². The third-order valence-corrected chi connectivity index (χ3v) is 26.5. The number of nitrogens with one attached hydrogen (secondary N) is 10. The van der Waals surface area contributed by atoms with E-state index in [2.05, 4.69) is 61.6 Å². The van der Waals surface area contributed by atoms with Crippen molar-refractivity contribution in [3.05, 3.63) is 140 Å². The number of aromatic nitrogens is 4. The molecule has 2 aliphatic rings. The summed E-state index contributed by atoms with van der Waals surface area (Å²) in [5.74, 6) is -34.7. The molecule has 0 amide bonds. The molecule has 706 valence electrons. The molecule has 4 aromatic carbocycles. The normalized spacial score (nSPS) is 12.9. The number of anilines is 4. The largest absolute Gasteiger partial charge is 0.406 e. The molecule has 44 heteroatoms. The van der Waals surface area contributed by atoms with Crippen LogP contribution < -0.4 is 41.6 Å². The number of aromatic amines is 2. The van der Waals surface area contributed by atoms with Gasteiger partial charge >= 0.3 is 31.0 Å². The van der Waals surface area contributed by atoms with E-state index < -0.39 is 311 Å². The number of benzene rings is 4. The summed E-state index contributed by atoms with van der Waals surface area (Å²) in [6.07, 6.45) is -1.23. The first-order chi connectivity index (χ1) is 60.1. The molecule has 9 rings (SSSR count). The van der Waals surface area contributed by atoms with E-state index in [1.807, 2.05) is 0 Å². The molecule has 3 aromatic heterocycles. The smallest absolute Gasteiger partial charge is 0.380 e. The van der Waals surface area contributed by atoms with E-state index in [4.69, 9.17) is 36.2 Å². The van der Waals surface area contributed by atoms with E-state index in [0.717, 1.165) is 48.6 Å². The summed E-state index contributed by atoms with van der Waals surface area (Å²) < 4.78 is 375. The predicted molar refractivity (Wildman–Crippen MR) is 463 cm³/mol. The van der Waals surface area contributed by atoms with Gasteiger partial charge in [-0.15, -0.1) is 0 Å². The Balaban J connectivity index is 1.29. The summed E-state index contributed by atoms with van der Waals surface area (Å²) in [6.45, 7) is 23.6. The average molecular weight is 1900 g/mol. The topological polar surface area (TPSA) is 296 Å². The fraction of sp³-hybridized carbons (Fsp3) is 0.476. The van der Waals surface area contributed by atoms with Gasteiger partial charge in [0.2, 0.25) is 0 Å². The van der Waals surface area contributed by atoms with Gasteiger partial charge in [-0.3, -0.25) is 36.2 Å². The highest BCUT2D eigenvalue weighted by molar-refractivity contribution is 7.52. The molecule has 0 unspecified atom stereocenters. The molecule has 128 heavy (non-hydrogen) atoms. The zero-order valence-electron chi connectivity index (χ0n) is 73.2. The van der Waals surface area contributed by atoms with Gasteiger partial charge in [0, 0.05) is 96.7 Å². The summed E-state index contributed by atoms with van der Waals surface area (Å²) in [4.78, 5) is 14.0. The molecule has 0 spiro atoms. The van der Waals surface area contributed by atoms with Crippen LogP contribution in [0.3, 0.4) is 0 Å². The monoisotopic (exact) mass is 1900 g/mol. The second-order valence-electron chi connectivity index (χ2n) is 31.9. The van der Waals surface area contributed by atoms with Gasteiger partial charge in [0.25, 0.3) is 0 Å². The van der Waals surface area contributed by atoms with Crippen molar-refractivity contribution in [1.29, 1.82) is 0 Å². The standard InChI is InChI=1S/C84H106F16N12O12P4/c1-41(2)117-125(113,118-42(3)4)105-37-21-17-33-101-81-73(93)65(85)61(66(86)74(81)94)57-49-25-27-51(109-49)58(62-67(87)75(95)82(76(96)68(62)88)102-34-18-22-38-106-126(114,119-43(5)6)120-44(7)8)53-29-31-55(111-53)60(64-71(91)79(99)84(80(100)72(64)92)104-36-20-24-40-108-128(116,123-47(13)14)124-48(15)16)56-32-30-54(112-56)59(52-28-26-50(57)110-52)63-69(89)77(97)83(78(98)70(63)90)103-35-19-23-39-107-127(115,121-45(9)10)122-46(11)12/h25-32,41-48,101-104,109,112H,17-24,33-40H2,1-16H3,(H,105,113)(H,106,114)(H,107,115)(H,108,116). The Hall–Kier alpha value is -8.00. The number of H-pyrrole nitrogens is 2. The van der Waals surface area contributed by atoms with Gasteiger partial charge in [-0.05, 0) is 211 Å². The molecule has 7 aromatic rings. The lowest BCUT2D eigenvalue weighted by atomic mass is 10.0. The second-order valence-corrected chi connectivity index (χ2v) is 38.8. The van der Waals surface area contributed by atoms with Gasteiger partial charge in [-0.1, -0.05) is 0 Å². The van der Waals surface area contributed by atoms with Gasteiger partial charge in [-0.25, -0.2) is 119 Å². The average Bonchev–Trinajstić information content (AvgIpc) is 1.54. The Morgan fingerprint density at radius 3 is 0.539 bits per heavy atom. The van der Waals surface area contributed by atoms with Crippen molar-refractivity contribution >= 4 is 100 Å². The van der Waals surface area contributed by atoms with E-state index in [9.17, 15) is 18.3 Å². The summed E-state index contributed by atoms with van der Waals surface area (Å²) in [6, 6.07) is 3.29. The molecule has 0 aliphatic carbocycles. The first-order valence-electron chi connectivity index (χ1n) is 41.6. The van der Waals surface area contributed by atoms with Crippen molar-refractivity contribution in [2.45, 2.75) is 211 Å². The summed E-state index contributed by atoms with van der Waals surface area (Å²) in [5.41, 5.74) is -23.4. The molecule has 10 N–H and O–H groups in total. The first-order valence-corrected chi connectivity index (χ1v) is 47.8. The van der Waals surface area contributed by atoms with Gasteiger partial charge in [-0.2, -0.15) is 0 Å². The molecular formula is C84H106F16N12O12P4.